The molecule has 2 aromatic carbocycles. The number of hydrogen-bond acceptors (Lipinski definition) is 6. The maximum Gasteiger partial charge on any atom is 0.166 e. The van der Waals surface area contributed by atoms with Crippen LogP contribution in [0.25, 0.3) is 0 Å². The Balaban J connectivity index is 1.39. The van der Waals surface area contributed by atoms with Gasteiger partial charge >= 0.3 is 0 Å². The molecule has 1 spiro atoms. The molecule has 2 aliphatic heterocycles. The Morgan fingerprint density at radius 2 is 1.64 bits per heavy atom. The summed E-state index contributed by atoms with van der Waals surface area (Å²) in [5.41, 5.74) is 2.67. The van der Waals surface area contributed by atoms with Gasteiger partial charge in [0.15, 0.2) is 6.35 Å². The minimum atomic E-state index is -0.557. The van der Waals surface area contributed by atoms with E-state index in [2.05, 4.69) is 71.3 Å². The summed E-state index contributed by atoms with van der Waals surface area (Å²) in [5, 5.41) is 11.7. The molecule has 0 amide bonds. The number of methoxy groups -OCH3 is 1. The molecule has 0 radical (unpaired) electrons. The van der Waals surface area contributed by atoms with Crippen molar-refractivity contribution in [1.82, 2.24) is 14.7 Å². The van der Waals surface area contributed by atoms with Crippen LogP contribution in [-0.2, 0) is 16.8 Å². The highest BCUT2D eigenvalue weighted by Gasteiger charge is 2.54. The number of rotatable bonds is 7. The molecule has 1 unspecified atom stereocenters. The zero-order valence-electron chi connectivity index (χ0n) is 22.2. The van der Waals surface area contributed by atoms with Gasteiger partial charge in [-0.1, -0.05) is 42.5 Å². The molecule has 1 atom stereocenters. The Kier molecular flexibility index (Phi) is 7.70. The second-order valence-corrected chi connectivity index (χ2v) is 11.3. The molecule has 36 heavy (non-hydrogen) atoms. The van der Waals surface area contributed by atoms with Crippen molar-refractivity contribution in [2.75, 3.05) is 47.5 Å². The number of aliphatic hydroxyl groups excluding tert-OH is 1. The third-order valence-corrected chi connectivity index (χ3v) is 9.23. The lowest BCUT2D eigenvalue weighted by Crippen LogP contribution is -2.57. The van der Waals surface area contributed by atoms with Gasteiger partial charge in [0.2, 0.25) is 0 Å². The first-order valence-corrected chi connectivity index (χ1v) is 13.6. The zero-order chi connectivity index (χ0) is 25.2. The van der Waals surface area contributed by atoms with E-state index < -0.39 is 6.35 Å². The topological polar surface area (TPSA) is 48.4 Å². The quantitative estimate of drug-likeness (QED) is 0.621. The summed E-state index contributed by atoms with van der Waals surface area (Å²) in [6, 6.07) is 19.3. The Hall–Kier alpha value is -1.96. The lowest BCUT2D eigenvalue weighted by Gasteiger charge is -2.52. The minimum absolute atomic E-state index is 0.00151. The predicted octanol–water partition coefficient (Wildman–Crippen LogP) is 4.29. The molecule has 1 N–H and O–H groups in total. The first-order valence-electron chi connectivity index (χ1n) is 13.6. The van der Waals surface area contributed by atoms with E-state index in [0.717, 1.165) is 77.1 Å². The van der Waals surface area contributed by atoms with Gasteiger partial charge in [0.1, 0.15) is 5.75 Å². The van der Waals surface area contributed by atoms with E-state index in [0.29, 0.717) is 5.92 Å². The summed E-state index contributed by atoms with van der Waals surface area (Å²) in [7, 11) is 6.15. The largest absolute Gasteiger partial charge is 0.497 e. The first kappa shape index (κ1) is 25.7. The smallest absolute Gasteiger partial charge is 0.166 e. The van der Waals surface area contributed by atoms with E-state index in [-0.39, 0.29) is 11.1 Å². The van der Waals surface area contributed by atoms with E-state index in [1.54, 1.807) is 7.11 Å². The summed E-state index contributed by atoms with van der Waals surface area (Å²) >= 11 is 0. The lowest BCUT2D eigenvalue weighted by molar-refractivity contribution is -0.105. The first-order chi connectivity index (χ1) is 17.5. The molecule has 1 saturated carbocycles. The molecule has 6 nitrogen and oxygen atoms in total. The Morgan fingerprint density at radius 1 is 0.972 bits per heavy atom. The van der Waals surface area contributed by atoms with E-state index in [4.69, 9.17) is 9.47 Å². The number of nitrogens with zero attached hydrogens (tertiary/aromatic N) is 3. The molecule has 2 aromatic rings. The lowest BCUT2D eigenvalue weighted by atomic mass is 9.68. The van der Waals surface area contributed by atoms with Gasteiger partial charge in [-0.15, -0.1) is 0 Å². The maximum absolute atomic E-state index is 11.7. The van der Waals surface area contributed by atoms with Crippen molar-refractivity contribution < 1.29 is 14.6 Å². The van der Waals surface area contributed by atoms with Crippen molar-refractivity contribution in [2.45, 2.75) is 62.5 Å². The van der Waals surface area contributed by atoms with Crippen LogP contribution in [0, 0.1) is 5.92 Å². The highest BCUT2D eigenvalue weighted by molar-refractivity contribution is 5.28. The molecule has 5 rings (SSSR count). The average molecular weight is 494 g/mol. The van der Waals surface area contributed by atoms with E-state index in [1.165, 1.54) is 11.1 Å². The highest BCUT2D eigenvalue weighted by Crippen LogP contribution is 2.50. The van der Waals surface area contributed by atoms with Crippen LogP contribution in [0.15, 0.2) is 54.6 Å². The molecule has 0 bridgehead atoms. The van der Waals surface area contributed by atoms with E-state index in [9.17, 15) is 5.11 Å². The average Bonchev–Trinajstić information content (AvgIpc) is 3.16. The Bertz CT molecular complexity index is 967. The van der Waals surface area contributed by atoms with Gasteiger partial charge in [0, 0.05) is 43.9 Å². The van der Waals surface area contributed by atoms with Crippen LogP contribution in [0.2, 0.25) is 0 Å². The molecule has 2 heterocycles. The van der Waals surface area contributed by atoms with E-state index in [1.807, 2.05) is 12.1 Å². The SMILES string of the molecule is COc1ccc(CN2C[C@]3(CC[C@](c4ccccc4)(N(C)C)CC3)N(CC3CCOCC3)C2O)cc1. The highest BCUT2D eigenvalue weighted by atomic mass is 16.5. The number of aliphatic hydroxyl groups is 1. The summed E-state index contributed by atoms with van der Waals surface area (Å²) in [6.07, 6.45) is 5.97. The molecule has 1 aliphatic carbocycles. The molecule has 3 aliphatic rings. The molecule has 2 saturated heterocycles. The van der Waals surface area contributed by atoms with Gasteiger partial charge < -0.3 is 14.6 Å². The maximum atomic E-state index is 11.7. The second-order valence-electron chi connectivity index (χ2n) is 11.3. The van der Waals surface area contributed by atoms with Crippen LogP contribution in [0.3, 0.4) is 0 Å². The van der Waals surface area contributed by atoms with Crippen LogP contribution >= 0.6 is 0 Å². The third-order valence-electron chi connectivity index (χ3n) is 9.23. The Labute approximate surface area is 216 Å². The van der Waals surface area contributed by atoms with Crippen molar-refractivity contribution in [2.24, 2.45) is 5.92 Å². The molecular weight excluding hydrogens is 450 g/mol. The predicted molar refractivity (Wildman–Crippen MR) is 143 cm³/mol. The molecule has 0 aromatic heterocycles. The summed E-state index contributed by atoms with van der Waals surface area (Å²) in [4.78, 5) is 7.18. The van der Waals surface area contributed by atoms with Crippen molar-refractivity contribution in [1.29, 1.82) is 0 Å². The second kappa shape index (κ2) is 10.8. The number of hydrogen-bond donors (Lipinski definition) is 1. The monoisotopic (exact) mass is 493 g/mol. The van der Waals surface area contributed by atoms with Crippen LogP contribution in [0.1, 0.15) is 49.7 Å². The van der Waals surface area contributed by atoms with E-state index >= 15 is 0 Å². The van der Waals surface area contributed by atoms with Crippen LogP contribution in [0.5, 0.6) is 5.75 Å². The summed E-state index contributed by atoms with van der Waals surface area (Å²) < 4.78 is 11.0. The third kappa shape index (κ3) is 4.94. The van der Waals surface area contributed by atoms with Gasteiger partial charge in [-0.05, 0) is 81.8 Å². The molecule has 6 heteroatoms. The van der Waals surface area contributed by atoms with Gasteiger partial charge in [-0.3, -0.25) is 14.7 Å². The van der Waals surface area contributed by atoms with Gasteiger partial charge in [-0.2, -0.15) is 0 Å². The van der Waals surface area contributed by atoms with Crippen molar-refractivity contribution in [3.05, 3.63) is 65.7 Å². The standard InChI is InChI=1S/C30H43N3O3/c1-31(2)30(26-7-5-4-6-8-26)17-15-29(16-18-30)23-32(21-24-9-11-27(35-3)12-10-24)28(34)33(29)22-25-13-19-36-20-14-25/h4-12,25,28,34H,13-23H2,1-3H3/t28?,29-,30+. The van der Waals surface area contributed by atoms with Crippen LogP contribution in [-0.4, -0.2) is 79.2 Å². The van der Waals surface area contributed by atoms with Crippen LogP contribution in [0.4, 0.5) is 0 Å². The number of benzene rings is 2. The van der Waals surface area contributed by atoms with Gasteiger partial charge in [0.25, 0.3) is 0 Å². The van der Waals surface area contributed by atoms with Crippen molar-refractivity contribution in [3.63, 3.8) is 0 Å². The fourth-order valence-electron chi connectivity index (χ4n) is 6.91. The van der Waals surface area contributed by atoms with Gasteiger partial charge in [0.05, 0.1) is 7.11 Å². The summed E-state index contributed by atoms with van der Waals surface area (Å²) in [6.45, 7) is 4.28. The van der Waals surface area contributed by atoms with Crippen molar-refractivity contribution in [3.8, 4) is 5.75 Å². The molecule has 196 valence electrons. The minimum Gasteiger partial charge on any atom is -0.497 e. The Morgan fingerprint density at radius 3 is 2.25 bits per heavy atom. The number of ether oxygens (including phenoxy) is 2. The fourth-order valence-corrected chi connectivity index (χ4v) is 6.91. The van der Waals surface area contributed by atoms with Gasteiger partial charge in [-0.25, -0.2) is 0 Å². The fraction of sp³-hybridized carbons (Fsp3) is 0.600. The normalized spacial score (nSPS) is 30.3. The van der Waals surface area contributed by atoms with Crippen molar-refractivity contribution >= 4 is 0 Å². The van der Waals surface area contributed by atoms with Crippen LogP contribution < -0.4 is 4.74 Å². The summed E-state index contributed by atoms with van der Waals surface area (Å²) in [5.74, 6) is 1.45. The molecule has 3 fully saturated rings. The zero-order valence-corrected chi connectivity index (χ0v) is 22.2. The molecular formula is C30H43N3O3.